The van der Waals surface area contributed by atoms with E-state index < -0.39 is 0 Å². The number of benzene rings is 1. The molecule has 2 heterocycles. The van der Waals surface area contributed by atoms with Crippen LogP contribution >= 0.6 is 24.0 Å². The highest BCUT2D eigenvalue weighted by Crippen LogP contribution is 2.10. The normalized spacial score (nSPS) is 11.0. The highest BCUT2D eigenvalue weighted by molar-refractivity contribution is 14.0. The van der Waals surface area contributed by atoms with Crippen molar-refractivity contribution in [3.63, 3.8) is 0 Å². The molecule has 6 nitrogen and oxygen atoms in total. The Morgan fingerprint density at radius 3 is 2.71 bits per heavy atom. The first-order chi connectivity index (χ1) is 11.2. The number of aliphatic imine (C=N–C) groups is 1. The highest BCUT2D eigenvalue weighted by Gasteiger charge is 2.00. The molecule has 0 atom stereocenters. The predicted molar refractivity (Wildman–Crippen MR) is 107 cm³/mol. The van der Waals surface area contributed by atoms with Gasteiger partial charge in [-0.1, -0.05) is 17.7 Å². The Hall–Kier alpha value is -2.42. The number of imidazole rings is 1. The van der Waals surface area contributed by atoms with Crippen LogP contribution in [0.5, 0.6) is 0 Å². The summed E-state index contributed by atoms with van der Waals surface area (Å²) in [4.78, 5) is 12.7. The van der Waals surface area contributed by atoms with Crippen molar-refractivity contribution >= 4 is 35.6 Å². The smallest absolute Gasteiger partial charge is 0.193 e. The molecule has 0 amide bonds. The van der Waals surface area contributed by atoms with Crippen LogP contribution in [0, 0.1) is 6.92 Å². The molecule has 0 saturated carbocycles. The van der Waals surface area contributed by atoms with E-state index in [9.17, 15) is 0 Å². The fourth-order valence-electron chi connectivity index (χ4n) is 2.10. The van der Waals surface area contributed by atoms with Gasteiger partial charge in [-0.05, 0) is 36.8 Å². The predicted octanol–water partition coefficient (Wildman–Crippen LogP) is 3.12. The maximum atomic E-state index is 5.93. The summed E-state index contributed by atoms with van der Waals surface area (Å²) < 4.78 is 1.85. The SMILES string of the molecule is Cc1ccc(NC(N)=NCc2ccnc(-n3ccnc3)c2)cc1.I. The molecular weight excluding hydrogens is 415 g/mol. The summed E-state index contributed by atoms with van der Waals surface area (Å²) in [6.45, 7) is 2.53. The zero-order valence-corrected chi connectivity index (χ0v) is 15.6. The average Bonchev–Trinajstić information content (AvgIpc) is 3.10. The number of hydrogen-bond acceptors (Lipinski definition) is 3. The molecule has 1 aromatic carbocycles. The summed E-state index contributed by atoms with van der Waals surface area (Å²) in [7, 11) is 0. The summed E-state index contributed by atoms with van der Waals surface area (Å²) in [5.74, 6) is 1.19. The zero-order valence-electron chi connectivity index (χ0n) is 13.3. The average molecular weight is 434 g/mol. The Bertz CT molecular complexity index is 796. The van der Waals surface area contributed by atoms with Gasteiger partial charge in [-0.2, -0.15) is 0 Å². The van der Waals surface area contributed by atoms with Crippen LogP contribution in [0.2, 0.25) is 0 Å². The number of guanidine groups is 1. The number of pyridine rings is 1. The molecule has 7 heteroatoms. The van der Waals surface area contributed by atoms with Crippen LogP contribution in [0.25, 0.3) is 5.82 Å². The first-order valence-corrected chi connectivity index (χ1v) is 7.27. The van der Waals surface area contributed by atoms with Crippen LogP contribution in [-0.2, 0) is 6.54 Å². The molecule has 2 aromatic heterocycles. The van der Waals surface area contributed by atoms with Crippen molar-refractivity contribution in [2.45, 2.75) is 13.5 Å². The first-order valence-electron chi connectivity index (χ1n) is 7.27. The Morgan fingerprint density at radius 1 is 1.21 bits per heavy atom. The van der Waals surface area contributed by atoms with E-state index in [0.29, 0.717) is 12.5 Å². The third-order valence-corrected chi connectivity index (χ3v) is 3.33. The molecule has 0 aliphatic heterocycles. The van der Waals surface area contributed by atoms with Crippen molar-refractivity contribution in [3.8, 4) is 5.82 Å². The van der Waals surface area contributed by atoms with Crippen molar-refractivity contribution in [1.82, 2.24) is 14.5 Å². The number of halogens is 1. The summed E-state index contributed by atoms with van der Waals surface area (Å²) >= 11 is 0. The zero-order chi connectivity index (χ0) is 16.1. The van der Waals surface area contributed by atoms with E-state index in [1.165, 1.54) is 5.56 Å². The molecule has 3 N–H and O–H groups in total. The van der Waals surface area contributed by atoms with Gasteiger partial charge in [0.1, 0.15) is 12.1 Å². The van der Waals surface area contributed by atoms with Gasteiger partial charge in [0.05, 0.1) is 6.54 Å². The lowest BCUT2D eigenvalue weighted by Crippen LogP contribution is -2.22. The van der Waals surface area contributed by atoms with Crippen LogP contribution in [0.4, 0.5) is 5.69 Å². The number of rotatable bonds is 4. The second-order valence-electron chi connectivity index (χ2n) is 5.18. The molecule has 0 bridgehead atoms. The Morgan fingerprint density at radius 2 is 2.00 bits per heavy atom. The molecular formula is C17H19IN6. The Kier molecular flexibility index (Phi) is 6.30. The Balaban J connectivity index is 0.00000208. The standard InChI is InChI=1S/C17H18N6.HI/c1-13-2-4-15(5-3-13)22-17(18)21-11-14-6-7-20-16(10-14)23-9-8-19-12-23;/h2-10,12H,11H2,1H3,(H3,18,21,22);1H. The van der Waals surface area contributed by atoms with Crippen molar-refractivity contribution in [1.29, 1.82) is 0 Å². The molecule has 0 unspecified atom stereocenters. The maximum Gasteiger partial charge on any atom is 0.193 e. The van der Waals surface area contributed by atoms with E-state index in [1.54, 1.807) is 18.7 Å². The van der Waals surface area contributed by atoms with Crippen LogP contribution < -0.4 is 11.1 Å². The minimum atomic E-state index is 0. The van der Waals surface area contributed by atoms with Crippen LogP contribution in [-0.4, -0.2) is 20.5 Å². The van der Waals surface area contributed by atoms with Crippen molar-refractivity contribution in [2.75, 3.05) is 5.32 Å². The molecule has 0 fully saturated rings. The Labute approximate surface area is 157 Å². The number of aromatic nitrogens is 3. The van der Waals surface area contributed by atoms with Gasteiger partial charge in [0.25, 0.3) is 0 Å². The first kappa shape index (κ1) is 17.9. The topological polar surface area (TPSA) is 81.1 Å². The third kappa shape index (κ3) is 4.79. The highest BCUT2D eigenvalue weighted by atomic mass is 127. The van der Waals surface area contributed by atoms with Crippen molar-refractivity contribution < 1.29 is 0 Å². The summed E-state index contributed by atoms with van der Waals surface area (Å²) in [6, 6.07) is 11.9. The van der Waals surface area contributed by atoms with Gasteiger partial charge >= 0.3 is 0 Å². The lowest BCUT2D eigenvalue weighted by molar-refractivity contribution is 0.968. The lowest BCUT2D eigenvalue weighted by atomic mass is 10.2. The number of hydrogen-bond donors (Lipinski definition) is 2. The van der Waals surface area contributed by atoms with Gasteiger partial charge < -0.3 is 11.1 Å². The van der Waals surface area contributed by atoms with Crippen LogP contribution in [0.3, 0.4) is 0 Å². The van der Waals surface area contributed by atoms with Crippen LogP contribution in [0.15, 0.2) is 66.3 Å². The lowest BCUT2D eigenvalue weighted by Gasteiger charge is -2.07. The molecule has 3 rings (SSSR count). The minimum Gasteiger partial charge on any atom is -0.370 e. The minimum absolute atomic E-state index is 0. The largest absolute Gasteiger partial charge is 0.370 e. The van der Waals surface area contributed by atoms with Gasteiger partial charge in [0.15, 0.2) is 5.96 Å². The van der Waals surface area contributed by atoms with Gasteiger partial charge in [-0.25, -0.2) is 15.0 Å². The number of nitrogens with one attached hydrogen (secondary N) is 1. The second kappa shape index (κ2) is 8.44. The van der Waals surface area contributed by atoms with Gasteiger partial charge in [0, 0.05) is 24.3 Å². The van der Waals surface area contributed by atoms with Crippen LogP contribution in [0.1, 0.15) is 11.1 Å². The van der Waals surface area contributed by atoms with E-state index >= 15 is 0 Å². The van der Waals surface area contributed by atoms with Crippen molar-refractivity contribution in [2.24, 2.45) is 10.7 Å². The van der Waals surface area contributed by atoms with E-state index in [1.807, 2.05) is 54.1 Å². The van der Waals surface area contributed by atoms with Gasteiger partial charge in [-0.3, -0.25) is 4.57 Å². The summed E-state index contributed by atoms with van der Waals surface area (Å²) in [5, 5.41) is 3.08. The molecule has 0 spiro atoms. The summed E-state index contributed by atoms with van der Waals surface area (Å²) in [6.07, 6.45) is 7.03. The maximum absolute atomic E-state index is 5.93. The molecule has 124 valence electrons. The number of aryl methyl sites for hydroxylation is 1. The molecule has 0 radical (unpaired) electrons. The fourth-order valence-corrected chi connectivity index (χ4v) is 2.10. The van der Waals surface area contributed by atoms with E-state index in [-0.39, 0.29) is 24.0 Å². The van der Waals surface area contributed by atoms with Crippen molar-refractivity contribution in [3.05, 3.63) is 72.4 Å². The monoisotopic (exact) mass is 434 g/mol. The van der Waals surface area contributed by atoms with E-state index in [4.69, 9.17) is 5.73 Å². The number of nitrogens with zero attached hydrogens (tertiary/aromatic N) is 4. The van der Waals surface area contributed by atoms with E-state index in [0.717, 1.165) is 17.1 Å². The molecule has 0 saturated heterocycles. The molecule has 0 aliphatic carbocycles. The number of anilines is 1. The molecule has 0 aliphatic rings. The second-order valence-corrected chi connectivity index (χ2v) is 5.18. The fraction of sp³-hybridized carbons (Fsp3) is 0.118. The summed E-state index contributed by atoms with van der Waals surface area (Å²) in [5.41, 5.74) is 9.08. The van der Waals surface area contributed by atoms with Gasteiger partial charge in [-0.15, -0.1) is 24.0 Å². The molecule has 24 heavy (non-hydrogen) atoms. The number of nitrogens with two attached hydrogens (primary N) is 1. The third-order valence-electron chi connectivity index (χ3n) is 3.33. The van der Waals surface area contributed by atoms with E-state index in [2.05, 4.69) is 20.3 Å². The van der Waals surface area contributed by atoms with Gasteiger partial charge in [0.2, 0.25) is 0 Å². The molecule has 3 aromatic rings. The quantitative estimate of drug-likeness (QED) is 0.376.